The Labute approximate surface area is 111 Å². The van der Waals surface area contributed by atoms with Gasteiger partial charge in [0.15, 0.2) is 0 Å². The second-order valence-corrected chi connectivity index (χ2v) is 5.09. The lowest BCUT2D eigenvalue weighted by atomic mass is 10.1. The third-order valence-electron chi connectivity index (χ3n) is 3.70. The predicted octanol–water partition coefficient (Wildman–Crippen LogP) is 3.17. The molecule has 2 atom stereocenters. The molecule has 1 fully saturated rings. The molecular weight excluding hydrogens is 222 g/mol. The molecule has 0 bridgehead atoms. The quantitative estimate of drug-likeness (QED) is 0.747. The second kappa shape index (κ2) is 7.55. The summed E-state index contributed by atoms with van der Waals surface area (Å²) in [6.07, 6.45) is 6.50. The summed E-state index contributed by atoms with van der Waals surface area (Å²) in [6, 6.07) is 11.3. The number of likely N-dealkylation sites (N-methyl/N-ethyl adjacent to an activating group) is 1. The van der Waals surface area contributed by atoms with Gasteiger partial charge in [-0.05, 0) is 44.2 Å². The van der Waals surface area contributed by atoms with Gasteiger partial charge in [-0.2, -0.15) is 0 Å². The Morgan fingerprint density at radius 1 is 1.22 bits per heavy atom. The fraction of sp³-hybridized carbons (Fsp3) is 0.625. The number of nitrogens with one attached hydrogen (secondary N) is 1. The molecule has 0 radical (unpaired) electrons. The molecular formula is C16H25NO. The van der Waals surface area contributed by atoms with Crippen molar-refractivity contribution in [2.24, 2.45) is 0 Å². The van der Waals surface area contributed by atoms with E-state index in [0.29, 0.717) is 12.1 Å². The maximum atomic E-state index is 6.03. The van der Waals surface area contributed by atoms with Crippen molar-refractivity contribution in [3.05, 3.63) is 35.9 Å². The van der Waals surface area contributed by atoms with Crippen LogP contribution in [0.2, 0.25) is 0 Å². The molecule has 0 aliphatic heterocycles. The molecule has 1 N–H and O–H groups in total. The molecule has 1 aliphatic rings. The highest BCUT2D eigenvalue weighted by Crippen LogP contribution is 2.22. The molecule has 0 aromatic heterocycles. The first-order valence-electron chi connectivity index (χ1n) is 7.29. The van der Waals surface area contributed by atoms with E-state index in [1.165, 1.54) is 24.8 Å². The minimum absolute atomic E-state index is 0.445. The summed E-state index contributed by atoms with van der Waals surface area (Å²) >= 11 is 0. The van der Waals surface area contributed by atoms with Gasteiger partial charge < -0.3 is 10.1 Å². The van der Waals surface area contributed by atoms with Crippen molar-refractivity contribution >= 4 is 0 Å². The van der Waals surface area contributed by atoms with Gasteiger partial charge in [0.25, 0.3) is 0 Å². The van der Waals surface area contributed by atoms with Gasteiger partial charge in [0.1, 0.15) is 0 Å². The largest absolute Gasteiger partial charge is 0.377 e. The van der Waals surface area contributed by atoms with Gasteiger partial charge in [-0.25, -0.2) is 0 Å². The van der Waals surface area contributed by atoms with Gasteiger partial charge >= 0.3 is 0 Å². The average molecular weight is 247 g/mol. The Morgan fingerprint density at radius 2 is 2.06 bits per heavy atom. The molecule has 1 aromatic carbocycles. The summed E-state index contributed by atoms with van der Waals surface area (Å²) in [4.78, 5) is 0. The number of hydrogen-bond acceptors (Lipinski definition) is 2. The fourth-order valence-corrected chi connectivity index (χ4v) is 2.78. The van der Waals surface area contributed by atoms with Crippen LogP contribution < -0.4 is 5.32 Å². The monoisotopic (exact) mass is 247 g/mol. The van der Waals surface area contributed by atoms with Crippen LogP contribution in [0.1, 0.15) is 38.2 Å². The van der Waals surface area contributed by atoms with Gasteiger partial charge in [-0.15, -0.1) is 0 Å². The van der Waals surface area contributed by atoms with Crippen molar-refractivity contribution in [1.82, 2.24) is 5.32 Å². The molecule has 0 spiro atoms. The van der Waals surface area contributed by atoms with Crippen LogP contribution in [-0.4, -0.2) is 25.3 Å². The van der Waals surface area contributed by atoms with Crippen LogP contribution in [0.4, 0.5) is 0 Å². The molecule has 0 heterocycles. The zero-order chi connectivity index (χ0) is 12.6. The molecule has 1 aromatic rings. The van der Waals surface area contributed by atoms with E-state index in [1.54, 1.807) is 0 Å². The van der Waals surface area contributed by atoms with Crippen LogP contribution >= 0.6 is 0 Å². The van der Waals surface area contributed by atoms with Crippen molar-refractivity contribution in [1.29, 1.82) is 0 Å². The minimum Gasteiger partial charge on any atom is -0.377 e. The van der Waals surface area contributed by atoms with Crippen molar-refractivity contribution in [2.45, 2.75) is 51.2 Å². The molecule has 2 unspecified atom stereocenters. The Bertz CT molecular complexity index is 325. The highest BCUT2D eigenvalue weighted by molar-refractivity contribution is 5.14. The smallest absolute Gasteiger partial charge is 0.0728 e. The lowest BCUT2D eigenvalue weighted by Gasteiger charge is -2.20. The molecule has 1 aliphatic carbocycles. The van der Waals surface area contributed by atoms with Crippen LogP contribution in [0.25, 0.3) is 0 Å². The van der Waals surface area contributed by atoms with Crippen molar-refractivity contribution in [3.63, 3.8) is 0 Å². The topological polar surface area (TPSA) is 21.3 Å². The lowest BCUT2D eigenvalue weighted by Crippen LogP contribution is -2.37. The van der Waals surface area contributed by atoms with E-state index in [4.69, 9.17) is 4.74 Å². The number of ether oxygens (including phenoxy) is 1. The van der Waals surface area contributed by atoms with E-state index in [-0.39, 0.29) is 0 Å². The first kappa shape index (κ1) is 13.6. The van der Waals surface area contributed by atoms with E-state index in [9.17, 15) is 0 Å². The normalized spacial score (nSPS) is 23.4. The highest BCUT2D eigenvalue weighted by atomic mass is 16.5. The van der Waals surface area contributed by atoms with Crippen LogP contribution in [-0.2, 0) is 11.2 Å². The number of benzene rings is 1. The zero-order valence-corrected chi connectivity index (χ0v) is 11.4. The highest BCUT2D eigenvalue weighted by Gasteiger charge is 2.26. The summed E-state index contributed by atoms with van der Waals surface area (Å²) in [6.45, 7) is 4.11. The van der Waals surface area contributed by atoms with Crippen molar-refractivity contribution < 1.29 is 4.74 Å². The molecule has 2 heteroatoms. The van der Waals surface area contributed by atoms with Crippen LogP contribution in [0.15, 0.2) is 30.3 Å². The Morgan fingerprint density at radius 3 is 2.83 bits per heavy atom. The summed E-state index contributed by atoms with van der Waals surface area (Å²) in [5.41, 5.74) is 1.41. The Balaban J connectivity index is 1.63. The van der Waals surface area contributed by atoms with Gasteiger partial charge in [-0.3, -0.25) is 0 Å². The molecule has 18 heavy (non-hydrogen) atoms. The van der Waals surface area contributed by atoms with Gasteiger partial charge in [-0.1, -0.05) is 37.3 Å². The number of aryl methyl sites for hydroxylation is 1. The van der Waals surface area contributed by atoms with Crippen molar-refractivity contribution in [2.75, 3.05) is 13.2 Å². The third kappa shape index (κ3) is 4.11. The number of hydrogen-bond donors (Lipinski definition) is 1. The molecule has 2 nitrogen and oxygen atoms in total. The molecule has 0 amide bonds. The SMILES string of the molecule is CCNC1CCCC1OCCCc1ccccc1. The van der Waals surface area contributed by atoms with Crippen LogP contribution in [0, 0.1) is 0 Å². The fourth-order valence-electron chi connectivity index (χ4n) is 2.78. The molecule has 2 rings (SSSR count). The maximum Gasteiger partial charge on any atom is 0.0728 e. The summed E-state index contributed by atoms with van der Waals surface area (Å²) < 4.78 is 6.03. The van der Waals surface area contributed by atoms with Gasteiger partial charge in [0.2, 0.25) is 0 Å². The summed E-state index contributed by atoms with van der Waals surface area (Å²) in [5.74, 6) is 0. The molecule has 100 valence electrons. The third-order valence-corrected chi connectivity index (χ3v) is 3.70. The van der Waals surface area contributed by atoms with E-state index in [2.05, 4.69) is 42.6 Å². The second-order valence-electron chi connectivity index (χ2n) is 5.09. The van der Waals surface area contributed by atoms with Gasteiger partial charge in [0.05, 0.1) is 6.10 Å². The van der Waals surface area contributed by atoms with E-state index in [1.807, 2.05) is 0 Å². The summed E-state index contributed by atoms with van der Waals surface area (Å²) in [5, 5.41) is 3.53. The van der Waals surface area contributed by atoms with E-state index >= 15 is 0 Å². The molecule has 1 saturated carbocycles. The number of rotatable bonds is 7. The van der Waals surface area contributed by atoms with E-state index < -0.39 is 0 Å². The summed E-state index contributed by atoms with van der Waals surface area (Å²) in [7, 11) is 0. The lowest BCUT2D eigenvalue weighted by molar-refractivity contribution is 0.0390. The molecule has 0 saturated heterocycles. The first-order chi connectivity index (χ1) is 8.90. The van der Waals surface area contributed by atoms with Gasteiger partial charge in [0, 0.05) is 12.6 Å². The Kier molecular flexibility index (Phi) is 5.69. The van der Waals surface area contributed by atoms with Crippen LogP contribution in [0.3, 0.4) is 0 Å². The standard InChI is InChI=1S/C16H25NO/c1-2-17-15-11-6-12-16(15)18-13-7-10-14-8-4-3-5-9-14/h3-5,8-9,15-17H,2,6-7,10-13H2,1H3. The van der Waals surface area contributed by atoms with Crippen LogP contribution in [0.5, 0.6) is 0 Å². The van der Waals surface area contributed by atoms with E-state index in [0.717, 1.165) is 26.0 Å². The predicted molar refractivity (Wildman–Crippen MR) is 75.8 cm³/mol. The first-order valence-corrected chi connectivity index (χ1v) is 7.29. The Hall–Kier alpha value is -0.860. The van der Waals surface area contributed by atoms with Crippen molar-refractivity contribution in [3.8, 4) is 0 Å². The maximum absolute atomic E-state index is 6.03. The average Bonchev–Trinajstić information content (AvgIpc) is 2.84. The minimum atomic E-state index is 0.445. The zero-order valence-electron chi connectivity index (χ0n) is 11.4.